The van der Waals surface area contributed by atoms with E-state index in [2.05, 4.69) is 5.32 Å². The summed E-state index contributed by atoms with van der Waals surface area (Å²) in [5.74, 6) is -1.27. The van der Waals surface area contributed by atoms with Gasteiger partial charge in [-0.25, -0.2) is 9.59 Å². The molecular formula is C13H25N3O4. The molecule has 0 saturated carbocycles. The van der Waals surface area contributed by atoms with Gasteiger partial charge in [0.1, 0.15) is 12.1 Å². The van der Waals surface area contributed by atoms with Crippen molar-refractivity contribution < 1.29 is 19.5 Å². The second-order valence-corrected chi connectivity index (χ2v) is 4.84. The zero-order valence-electron chi connectivity index (χ0n) is 12.9. The number of carbonyl (C=O) groups excluding carboxylic acids is 2. The molecule has 1 atom stereocenters. The fourth-order valence-corrected chi connectivity index (χ4v) is 1.58. The number of nitrogens with one attached hydrogen (secondary N) is 1. The number of carbonyl (C=O) groups is 3. The number of rotatable bonds is 7. The molecule has 0 saturated heterocycles. The smallest absolute Gasteiger partial charge is 0.329 e. The van der Waals surface area contributed by atoms with E-state index in [0.29, 0.717) is 13.1 Å². The Morgan fingerprint density at radius 3 is 2.00 bits per heavy atom. The molecule has 0 aromatic heterocycles. The van der Waals surface area contributed by atoms with E-state index >= 15 is 0 Å². The first-order valence-corrected chi connectivity index (χ1v) is 6.76. The van der Waals surface area contributed by atoms with Gasteiger partial charge in [-0.1, -0.05) is 6.92 Å². The number of aliphatic carboxylic acids is 1. The van der Waals surface area contributed by atoms with Crippen molar-refractivity contribution in [3.63, 3.8) is 0 Å². The van der Waals surface area contributed by atoms with Crippen molar-refractivity contribution in [2.45, 2.75) is 39.7 Å². The van der Waals surface area contributed by atoms with E-state index in [-0.39, 0.29) is 18.9 Å². The number of hydrogen-bond acceptors (Lipinski definition) is 3. The third kappa shape index (κ3) is 4.71. The molecular weight excluding hydrogens is 262 g/mol. The molecule has 7 nitrogen and oxygen atoms in total. The van der Waals surface area contributed by atoms with E-state index in [4.69, 9.17) is 5.11 Å². The second kappa shape index (κ2) is 7.72. The molecule has 0 aromatic carbocycles. The molecule has 0 aromatic rings. The molecule has 2 N–H and O–H groups in total. The molecule has 0 spiro atoms. The molecule has 0 bridgehead atoms. The van der Waals surface area contributed by atoms with Gasteiger partial charge in [0.05, 0.1) is 0 Å². The molecule has 0 heterocycles. The maximum absolute atomic E-state index is 11.9. The normalized spacial score (nSPS) is 13.2. The predicted octanol–water partition coefficient (Wildman–Crippen LogP) is 0.750. The minimum Gasteiger partial charge on any atom is -0.480 e. The van der Waals surface area contributed by atoms with E-state index in [1.807, 2.05) is 13.8 Å². The van der Waals surface area contributed by atoms with Crippen LogP contribution in [0.15, 0.2) is 0 Å². The van der Waals surface area contributed by atoms with Gasteiger partial charge in [-0.15, -0.1) is 0 Å². The highest BCUT2D eigenvalue weighted by Crippen LogP contribution is 2.09. The quantitative estimate of drug-likeness (QED) is 0.723. The van der Waals surface area contributed by atoms with Crippen molar-refractivity contribution in [3.8, 4) is 0 Å². The fourth-order valence-electron chi connectivity index (χ4n) is 1.58. The van der Waals surface area contributed by atoms with Crippen LogP contribution < -0.4 is 5.32 Å². The molecule has 116 valence electrons. The Hall–Kier alpha value is -1.79. The highest BCUT2D eigenvalue weighted by Gasteiger charge is 2.34. The maximum Gasteiger partial charge on any atom is 0.329 e. The van der Waals surface area contributed by atoms with Gasteiger partial charge in [0.15, 0.2) is 0 Å². The zero-order chi connectivity index (χ0) is 15.9. The van der Waals surface area contributed by atoms with Crippen LogP contribution in [0, 0.1) is 0 Å². The van der Waals surface area contributed by atoms with Crippen molar-refractivity contribution in [2.24, 2.45) is 0 Å². The van der Waals surface area contributed by atoms with Crippen LogP contribution in [-0.4, -0.2) is 65.0 Å². The lowest BCUT2D eigenvalue weighted by atomic mass is 10.00. The van der Waals surface area contributed by atoms with Crippen LogP contribution in [0.25, 0.3) is 0 Å². The van der Waals surface area contributed by atoms with E-state index in [0.717, 1.165) is 0 Å². The van der Waals surface area contributed by atoms with Crippen molar-refractivity contribution in [2.75, 3.05) is 26.7 Å². The third-order valence-corrected chi connectivity index (χ3v) is 3.40. The highest BCUT2D eigenvalue weighted by molar-refractivity contribution is 5.88. The second-order valence-electron chi connectivity index (χ2n) is 4.84. The van der Waals surface area contributed by atoms with Crippen molar-refractivity contribution in [1.82, 2.24) is 15.1 Å². The Kier molecular flexibility index (Phi) is 7.02. The monoisotopic (exact) mass is 287 g/mol. The average Bonchev–Trinajstić information content (AvgIpc) is 2.39. The molecule has 1 unspecified atom stereocenters. The zero-order valence-corrected chi connectivity index (χ0v) is 12.9. The number of likely N-dealkylation sites (N-methyl/N-ethyl adjacent to an activating group) is 2. The lowest BCUT2D eigenvalue weighted by Crippen LogP contribution is -2.56. The molecule has 0 aliphatic carbocycles. The summed E-state index contributed by atoms with van der Waals surface area (Å²) in [7, 11) is 1.47. The minimum atomic E-state index is -1.33. The molecule has 0 aliphatic heterocycles. The topological polar surface area (TPSA) is 90.0 Å². The van der Waals surface area contributed by atoms with Gasteiger partial charge in [0, 0.05) is 20.1 Å². The maximum atomic E-state index is 11.9. The number of carboxylic acids is 1. The molecule has 0 rings (SSSR count). The van der Waals surface area contributed by atoms with Crippen LogP contribution in [-0.2, 0) is 9.59 Å². The van der Waals surface area contributed by atoms with Gasteiger partial charge in [0.2, 0.25) is 5.91 Å². The minimum absolute atomic E-state index is 0.0765. The average molecular weight is 287 g/mol. The molecule has 7 heteroatoms. The van der Waals surface area contributed by atoms with Gasteiger partial charge in [0.25, 0.3) is 0 Å². The third-order valence-electron chi connectivity index (χ3n) is 3.40. The molecule has 0 aliphatic rings. The first kappa shape index (κ1) is 18.2. The van der Waals surface area contributed by atoms with Crippen LogP contribution in [0.1, 0.15) is 34.1 Å². The summed E-state index contributed by atoms with van der Waals surface area (Å²) in [4.78, 5) is 37.7. The fraction of sp³-hybridized carbons (Fsp3) is 0.769. The lowest BCUT2D eigenvalue weighted by Gasteiger charge is -2.29. The van der Waals surface area contributed by atoms with E-state index in [1.165, 1.54) is 18.9 Å². The van der Waals surface area contributed by atoms with Crippen molar-refractivity contribution in [1.29, 1.82) is 0 Å². The first-order valence-electron chi connectivity index (χ1n) is 6.76. The van der Waals surface area contributed by atoms with Gasteiger partial charge in [-0.3, -0.25) is 4.79 Å². The van der Waals surface area contributed by atoms with Crippen LogP contribution >= 0.6 is 0 Å². The number of nitrogens with zero attached hydrogens (tertiary/aromatic N) is 2. The van der Waals surface area contributed by atoms with Gasteiger partial charge in [-0.2, -0.15) is 0 Å². The number of amides is 3. The lowest BCUT2D eigenvalue weighted by molar-refractivity contribution is -0.143. The Balaban J connectivity index is 4.64. The summed E-state index contributed by atoms with van der Waals surface area (Å²) >= 11 is 0. The van der Waals surface area contributed by atoms with Gasteiger partial charge >= 0.3 is 12.0 Å². The summed E-state index contributed by atoms with van der Waals surface area (Å²) < 4.78 is 0. The first-order chi connectivity index (χ1) is 9.21. The molecule has 20 heavy (non-hydrogen) atoms. The Labute approximate surface area is 119 Å². The van der Waals surface area contributed by atoms with E-state index < -0.39 is 17.5 Å². The molecule has 0 fully saturated rings. The van der Waals surface area contributed by atoms with Gasteiger partial charge < -0.3 is 20.2 Å². The predicted molar refractivity (Wildman–Crippen MR) is 75.4 cm³/mol. The summed E-state index contributed by atoms with van der Waals surface area (Å²) in [5.41, 5.74) is -1.33. The molecule has 3 amide bonds. The summed E-state index contributed by atoms with van der Waals surface area (Å²) in [6, 6.07) is -0.572. The summed E-state index contributed by atoms with van der Waals surface area (Å²) in [6.07, 6.45) is 0.256. The standard InChI is InChI=1S/C13H25N3O4/c1-6-13(4,11(18)19)14-12(20)15(5)9-10(17)16(7-2)8-3/h6-9H2,1-5H3,(H,14,20)(H,18,19). The molecule has 0 radical (unpaired) electrons. The van der Waals surface area contributed by atoms with Gasteiger partial charge in [-0.05, 0) is 27.2 Å². The highest BCUT2D eigenvalue weighted by atomic mass is 16.4. The summed E-state index contributed by atoms with van der Waals surface area (Å²) in [6.45, 7) is 7.91. The van der Waals surface area contributed by atoms with E-state index in [9.17, 15) is 14.4 Å². The SMILES string of the molecule is CCN(CC)C(=O)CN(C)C(=O)NC(C)(CC)C(=O)O. The van der Waals surface area contributed by atoms with Crippen LogP contribution in [0.3, 0.4) is 0 Å². The van der Waals surface area contributed by atoms with Crippen LogP contribution in [0.2, 0.25) is 0 Å². The number of carboxylic acid groups (broad SMARTS) is 1. The number of urea groups is 1. The Morgan fingerprint density at radius 1 is 1.15 bits per heavy atom. The Bertz CT molecular complexity index is 369. The van der Waals surface area contributed by atoms with Crippen molar-refractivity contribution in [3.05, 3.63) is 0 Å². The largest absolute Gasteiger partial charge is 0.480 e. The Morgan fingerprint density at radius 2 is 1.65 bits per heavy atom. The van der Waals surface area contributed by atoms with Crippen LogP contribution in [0.5, 0.6) is 0 Å². The van der Waals surface area contributed by atoms with E-state index in [1.54, 1.807) is 11.8 Å². The van der Waals surface area contributed by atoms with Crippen LogP contribution in [0.4, 0.5) is 4.79 Å². The number of hydrogen-bond donors (Lipinski definition) is 2. The summed E-state index contributed by atoms with van der Waals surface area (Å²) in [5, 5.41) is 11.5. The van der Waals surface area contributed by atoms with Crippen molar-refractivity contribution >= 4 is 17.9 Å².